The highest BCUT2D eigenvalue weighted by atomic mass is 16.4. The lowest BCUT2D eigenvalue weighted by molar-refractivity contribution is -0.143. The van der Waals surface area contributed by atoms with Gasteiger partial charge in [0.05, 0.1) is 6.04 Å². The van der Waals surface area contributed by atoms with Crippen LogP contribution in [0, 0.1) is 5.92 Å². The molecule has 0 saturated carbocycles. The van der Waals surface area contributed by atoms with Crippen molar-refractivity contribution in [2.75, 3.05) is 13.1 Å². The Morgan fingerprint density at radius 2 is 1.87 bits per heavy atom. The van der Waals surface area contributed by atoms with E-state index in [4.69, 9.17) is 11.5 Å². The number of hydrogen-bond donors (Lipinski definition) is 6. The summed E-state index contributed by atoms with van der Waals surface area (Å²) < 4.78 is 0. The first-order chi connectivity index (χ1) is 18.1. The van der Waals surface area contributed by atoms with Gasteiger partial charge >= 0.3 is 5.97 Å². The average Bonchev–Trinajstić information content (AvgIpc) is 3.54. The molecule has 0 aliphatic carbocycles. The van der Waals surface area contributed by atoms with Gasteiger partial charge in [-0.25, -0.2) is 4.79 Å². The molecule has 1 aromatic carbocycles. The zero-order valence-corrected chi connectivity index (χ0v) is 22.1. The number of nitrogens with two attached hydrogens (primary N) is 2. The van der Waals surface area contributed by atoms with Gasteiger partial charge in [-0.15, -0.1) is 0 Å². The number of amides is 3. The van der Waals surface area contributed by atoms with Crippen LogP contribution in [0.3, 0.4) is 0 Å². The van der Waals surface area contributed by atoms with Crippen LogP contribution in [0.1, 0.15) is 51.5 Å². The van der Waals surface area contributed by atoms with Crippen LogP contribution in [-0.4, -0.2) is 75.9 Å². The Morgan fingerprint density at radius 1 is 1.13 bits per heavy atom. The molecule has 11 nitrogen and oxygen atoms in total. The van der Waals surface area contributed by atoms with E-state index in [-0.39, 0.29) is 18.2 Å². The lowest BCUT2D eigenvalue weighted by Crippen LogP contribution is -2.57. The lowest BCUT2D eigenvalue weighted by Gasteiger charge is -2.29. The smallest absolute Gasteiger partial charge is 0.326 e. The van der Waals surface area contributed by atoms with Crippen LogP contribution in [0.2, 0.25) is 0 Å². The molecule has 8 N–H and O–H groups in total. The number of nitrogens with zero attached hydrogens (tertiary/aromatic N) is 1. The Labute approximate surface area is 222 Å². The third kappa shape index (κ3) is 7.11. The van der Waals surface area contributed by atoms with Crippen molar-refractivity contribution in [3.05, 3.63) is 36.0 Å². The van der Waals surface area contributed by atoms with Crippen molar-refractivity contribution in [1.82, 2.24) is 20.5 Å². The monoisotopic (exact) mass is 528 g/mol. The number of unbranched alkanes of at least 4 members (excludes halogenated alkanes) is 1. The predicted molar refractivity (Wildman–Crippen MR) is 144 cm³/mol. The molecule has 1 aliphatic rings. The van der Waals surface area contributed by atoms with Crippen molar-refractivity contribution in [3.8, 4) is 0 Å². The number of carbonyl (C=O) groups is 4. The molecule has 1 saturated heterocycles. The summed E-state index contributed by atoms with van der Waals surface area (Å²) >= 11 is 0. The molecule has 4 atom stereocenters. The normalized spacial score (nSPS) is 17.8. The fourth-order valence-corrected chi connectivity index (χ4v) is 4.80. The van der Waals surface area contributed by atoms with Crippen LogP contribution in [0.15, 0.2) is 30.5 Å². The number of carboxylic acid groups (broad SMARTS) is 1. The van der Waals surface area contributed by atoms with Gasteiger partial charge in [0.2, 0.25) is 17.7 Å². The molecule has 0 bridgehead atoms. The number of likely N-dealkylation sites (tertiary alicyclic amines) is 1. The summed E-state index contributed by atoms with van der Waals surface area (Å²) in [6.07, 6.45) is 4.45. The standard InChI is InChI=1S/C27H40N6O5/c1-16(2)23(29)26(36)33-13-7-11-22(33)25(35)31-20(10-5-6-12-28)24(34)32-21(27(37)38)14-17-15-30-19-9-4-3-8-18(17)19/h3-4,8-9,15-16,20-23,30H,5-7,10-14,28-29H2,1-2H3,(H,31,35)(H,32,34)(H,37,38). The summed E-state index contributed by atoms with van der Waals surface area (Å²) in [4.78, 5) is 56.1. The van der Waals surface area contributed by atoms with Gasteiger partial charge in [0.1, 0.15) is 18.1 Å². The molecule has 2 heterocycles. The largest absolute Gasteiger partial charge is 0.480 e. The molecule has 2 aromatic rings. The number of aromatic amines is 1. The highest BCUT2D eigenvalue weighted by Crippen LogP contribution is 2.21. The van der Waals surface area contributed by atoms with Crippen LogP contribution < -0.4 is 22.1 Å². The Kier molecular flexibility index (Phi) is 10.3. The van der Waals surface area contributed by atoms with Crippen LogP contribution >= 0.6 is 0 Å². The average molecular weight is 529 g/mol. The van der Waals surface area contributed by atoms with Crippen LogP contribution in [0.4, 0.5) is 0 Å². The Morgan fingerprint density at radius 3 is 2.55 bits per heavy atom. The number of aromatic nitrogens is 1. The summed E-state index contributed by atoms with van der Waals surface area (Å²) in [5, 5.41) is 16.1. The van der Waals surface area contributed by atoms with Gasteiger partial charge in [-0.1, -0.05) is 32.0 Å². The predicted octanol–water partition coefficient (Wildman–Crippen LogP) is 0.868. The Bertz CT molecular complexity index is 1130. The Balaban J connectivity index is 1.72. The molecule has 4 unspecified atom stereocenters. The lowest BCUT2D eigenvalue weighted by atomic mass is 10.0. The van der Waals surface area contributed by atoms with Gasteiger partial charge in [-0.05, 0) is 56.2 Å². The maximum atomic E-state index is 13.3. The molecule has 0 spiro atoms. The maximum absolute atomic E-state index is 13.3. The van der Waals surface area contributed by atoms with E-state index in [1.165, 1.54) is 4.90 Å². The highest BCUT2D eigenvalue weighted by molar-refractivity contribution is 5.94. The van der Waals surface area contributed by atoms with E-state index in [1.54, 1.807) is 6.20 Å². The summed E-state index contributed by atoms with van der Waals surface area (Å²) in [6.45, 7) is 4.55. The van der Waals surface area contributed by atoms with Gasteiger partial charge < -0.3 is 37.1 Å². The molecule has 3 amide bonds. The van der Waals surface area contributed by atoms with Gasteiger partial charge in [0.15, 0.2) is 0 Å². The number of fused-ring (bicyclic) bond motifs is 1. The molecule has 1 aromatic heterocycles. The molecule has 1 fully saturated rings. The number of benzene rings is 1. The third-order valence-corrected chi connectivity index (χ3v) is 7.14. The van der Waals surface area contributed by atoms with E-state index >= 15 is 0 Å². The number of H-pyrrole nitrogens is 1. The second-order valence-corrected chi connectivity index (χ2v) is 10.3. The molecule has 1 aliphatic heterocycles. The van der Waals surface area contributed by atoms with E-state index in [2.05, 4.69) is 15.6 Å². The van der Waals surface area contributed by atoms with Gasteiger partial charge in [-0.2, -0.15) is 0 Å². The zero-order valence-electron chi connectivity index (χ0n) is 22.1. The minimum atomic E-state index is -1.19. The fraction of sp³-hybridized carbons (Fsp3) is 0.556. The maximum Gasteiger partial charge on any atom is 0.326 e. The van der Waals surface area contributed by atoms with E-state index in [1.807, 2.05) is 38.1 Å². The minimum Gasteiger partial charge on any atom is -0.480 e. The topological polar surface area (TPSA) is 184 Å². The molecular weight excluding hydrogens is 488 g/mol. The van der Waals surface area contributed by atoms with Crippen molar-refractivity contribution >= 4 is 34.6 Å². The number of rotatable bonds is 13. The fourth-order valence-electron chi connectivity index (χ4n) is 4.80. The minimum absolute atomic E-state index is 0.0759. The first kappa shape index (κ1) is 29.1. The van der Waals surface area contributed by atoms with Gasteiger partial charge in [-0.3, -0.25) is 14.4 Å². The van der Waals surface area contributed by atoms with Crippen molar-refractivity contribution in [1.29, 1.82) is 0 Å². The molecule has 0 radical (unpaired) electrons. The first-order valence-electron chi connectivity index (χ1n) is 13.3. The zero-order chi connectivity index (χ0) is 27.8. The van der Waals surface area contributed by atoms with E-state index in [9.17, 15) is 24.3 Å². The van der Waals surface area contributed by atoms with E-state index < -0.39 is 42.0 Å². The van der Waals surface area contributed by atoms with Crippen molar-refractivity contribution in [3.63, 3.8) is 0 Å². The second kappa shape index (κ2) is 13.4. The SMILES string of the molecule is CC(C)C(N)C(=O)N1CCCC1C(=O)NC(CCCCN)C(=O)NC(Cc1c[nH]c2ccccc12)C(=O)O. The number of hydrogen-bond acceptors (Lipinski definition) is 6. The summed E-state index contributed by atoms with van der Waals surface area (Å²) in [6, 6.07) is 3.93. The van der Waals surface area contributed by atoms with Gasteiger partial charge in [0, 0.05) is 30.1 Å². The first-order valence-corrected chi connectivity index (χ1v) is 13.3. The summed E-state index contributed by atoms with van der Waals surface area (Å²) in [7, 11) is 0. The number of para-hydroxylation sites is 1. The third-order valence-electron chi connectivity index (χ3n) is 7.14. The molecule has 3 rings (SSSR count). The second-order valence-electron chi connectivity index (χ2n) is 10.3. The van der Waals surface area contributed by atoms with E-state index in [0.717, 1.165) is 16.5 Å². The molecular formula is C27H40N6O5. The molecule has 11 heteroatoms. The number of carbonyl (C=O) groups excluding carboxylic acids is 3. The quantitative estimate of drug-likeness (QED) is 0.208. The van der Waals surface area contributed by atoms with Crippen LogP contribution in [-0.2, 0) is 25.6 Å². The summed E-state index contributed by atoms with van der Waals surface area (Å²) in [5.74, 6) is -2.57. The number of carboxylic acids is 1. The van der Waals surface area contributed by atoms with Gasteiger partial charge in [0.25, 0.3) is 0 Å². The van der Waals surface area contributed by atoms with Crippen molar-refractivity contribution < 1.29 is 24.3 Å². The Hall–Kier alpha value is -3.44. The van der Waals surface area contributed by atoms with E-state index in [0.29, 0.717) is 45.2 Å². The van der Waals surface area contributed by atoms with Crippen molar-refractivity contribution in [2.45, 2.75) is 76.5 Å². The van der Waals surface area contributed by atoms with Crippen molar-refractivity contribution in [2.24, 2.45) is 17.4 Å². The number of nitrogens with one attached hydrogen (secondary N) is 3. The molecule has 208 valence electrons. The molecule has 38 heavy (non-hydrogen) atoms. The van der Waals surface area contributed by atoms with Crippen LogP contribution in [0.25, 0.3) is 10.9 Å². The highest BCUT2D eigenvalue weighted by Gasteiger charge is 2.38. The summed E-state index contributed by atoms with van der Waals surface area (Å²) in [5.41, 5.74) is 13.3. The van der Waals surface area contributed by atoms with Crippen LogP contribution in [0.5, 0.6) is 0 Å². The number of aliphatic carboxylic acids is 1.